The van der Waals surface area contributed by atoms with E-state index in [-0.39, 0.29) is 5.78 Å². The first-order chi connectivity index (χ1) is 7.68. The Morgan fingerprint density at radius 2 is 2.25 bits per heavy atom. The lowest BCUT2D eigenvalue weighted by Crippen LogP contribution is -2.12. The highest BCUT2D eigenvalue weighted by atomic mass is 79.9. The van der Waals surface area contributed by atoms with Crippen LogP contribution in [0.15, 0.2) is 34.5 Å². The van der Waals surface area contributed by atoms with Crippen molar-refractivity contribution in [2.24, 2.45) is 0 Å². The smallest absolute Gasteiger partial charge is 0.228 e. The van der Waals surface area contributed by atoms with Crippen LogP contribution in [0, 0.1) is 5.82 Å². The van der Waals surface area contributed by atoms with E-state index in [1.165, 1.54) is 18.2 Å². The second-order valence-electron chi connectivity index (χ2n) is 3.51. The summed E-state index contributed by atoms with van der Waals surface area (Å²) in [5.41, 5.74) is 0.299. The van der Waals surface area contributed by atoms with E-state index in [1.807, 2.05) is 0 Å². The van der Waals surface area contributed by atoms with Gasteiger partial charge in [0.2, 0.25) is 5.78 Å². The third-order valence-electron chi connectivity index (χ3n) is 2.33. The summed E-state index contributed by atoms with van der Waals surface area (Å²) in [6.45, 7) is 0.546. The second kappa shape index (κ2) is 4.78. The topological polar surface area (TPSA) is 26.3 Å². The maximum Gasteiger partial charge on any atom is 0.228 e. The summed E-state index contributed by atoms with van der Waals surface area (Å²) in [5, 5.41) is 0. The standard InChI is InChI=1S/C12H10BrFO2/c13-10-5-4-8(14)7-9(10)12(15)11-3-1-2-6-16-11/h3-5,7H,1-2,6H2. The molecular weight excluding hydrogens is 275 g/mol. The predicted octanol–water partition coefficient (Wildman–Crippen LogP) is 3.47. The highest BCUT2D eigenvalue weighted by molar-refractivity contribution is 9.10. The number of ether oxygens (including phenoxy) is 1. The lowest BCUT2D eigenvalue weighted by molar-refractivity contribution is 0.0898. The number of allylic oxidation sites excluding steroid dienone is 2. The number of ketones is 1. The van der Waals surface area contributed by atoms with Gasteiger partial charge in [0.05, 0.1) is 6.61 Å². The zero-order chi connectivity index (χ0) is 11.5. The first kappa shape index (κ1) is 11.3. The van der Waals surface area contributed by atoms with Gasteiger partial charge in [-0.2, -0.15) is 0 Å². The molecule has 0 saturated heterocycles. The van der Waals surface area contributed by atoms with Crippen molar-refractivity contribution in [3.8, 4) is 0 Å². The van der Waals surface area contributed by atoms with Crippen LogP contribution in [0.1, 0.15) is 23.2 Å². The minimum atomic E-state index is -0.428. The van der Waals surface area contributed by atoms with Gasteiger partial charge in [-0.05, 0) is 37.1 Å². The van der Waals surface area contributed by atoms with Crippen molar-refractivity contribution in [2.75, 3.05) is 6.61 Å². The van der Waals surface area contributed by atoms with Crippen LogP contribution in [0.2, 0.25) is 0 Å². The number of rotatable bonds is 2. The molecule has 1 aliphatic heterocycles. The Bertz CT molecular complexity index is 454. The Morgan fingerprint density at radius 1 is 1.44 bits per heavy atom. The zero-order valence-corrected chi connectivity index (χ0v) is 10.1. The Kier molecular flexibility index (Phi) is 3.39. The highest BCUT2D eigenvalue weighted by Gasteiger charge is 2.18. The molecule has 0 bridgehead atoms. The van der Waals surface area contributed by atoms with Crippen molar-refractivity contribution in [1.82, 2.24) is 0 Å². The fraction of sp³-hybridized carbons (Fsp3) is 0.250. The van der Waals surface area contributed by atoms with Crippen LogP contribution in [0.25, 0.3) is 0 Å². The molecule has 1 aliphatic rings. The average Bonchev–Trinajstić information content (AvgIpc) is 2.32. The molecule has 2 nitrogen and oxygen atoms in total. The number of hydrogen-bond donors (Lipinski definition) is 0. The molecule has 0 aliphatic carbocycles. The molecular formula is C12H10BrFO2. The van der Waals surface area contributed by atoms with Gasteiger partial charge in [-0.25, -0.2) is 4.39 Å². The molecule has 0 N–H and O–H groups in total. The van der Waals surface area contributed by atoms with Crippen molar-refractivity contribution >= 4 is 21.7 Å². The van der Waals surface area contributed by atoms with E-state index in [0.29, 0.717) is 22.4 Å². The minimum Gasteiger partial charge on any atom is -0.490 e. The van der Waals surface area contributed by atoms with E-state index in [2.05, 4.69) is 15.9 Å². The van der Waals surface area contributed by atoms with E-state index in [1.54, 1.807) is 6.08 Å². The van der Waals surface area contributed by atoms with Crippen molar-refractivity contribution in [3.05, 3.63) is 45.9 Å². The summed E-state index contributed by atoms with van der Waals surface area (Å²) in [6, 6.07) is 4.04. The van der Waals surface area contributed by atoms with Gasteiger partial charge in [0.1, 0.15) is 5.82 Å². The lowest BCUT2D eigenvalue weighted by Gasteiger charge is -2.14. The van der Waals surface area contributed by atoms with Crippen LogP contribution in [-0.2, 0) is 4.74 Å². The van der Waals surface area contributed by atoms with E-state index < -0.39 is 5.82 Å². The molecule has 0 fully saturated rings. The Balaban J connectivity index is 2.33. The lowest BCUT2D eigenvalue weighted by atomic mass is 10.1. The Hall–Kier alpha value is -1.16. The Morgan fingerprint density at radius 3 is 2.94 bits per heavy atom. The molecule has 1 aromatic rings. The number of Topliss-reactive ketones (excluding diaryl/α,β-unsaturated/α-hetero) is 1. The number of halogens is 2. The first-order valence-corrected chi connectivity index (χ1v) is 5.80. The zero-order valence-electron chi connectivity index (χ0n) is 8.50. The van der Waals surface area contributed by atoms with Gasteiger partial charge < -0.3 is 4.74 Å². The van der Waals surface area contributed by atoms with E-state index in [4.69, 9.17) is 4.74 Å². The van der Waals surface area contributed by atoms with Crippen molar-refractivity contribution in [3.63, 3.8) is 0 Å². The van der Waals surface area contributed by atoms with Gasteiger partial charge in [-0.3, -0.25) is 4.79 Å². The molecule has 16 heavy (non-hydrogen) atoms. The third-order valence-corrected chi connectivity index (χ3v) is 3.02. The summed E-state index contributed by atoms with van der Waals surface area (Å²) in [7, 11) is 0. The fourth-order valence-corrected chi connectivity index (χ4v) is 1.95. The molecule has 0 unspecified atom stereocenters. The fourth-order valence-electron chi connectivity index (χ4n) is 1.52. The minimum absolute atomic E-state index is 0.272. The van der Waals surface area contributed by atoms with Crippen LogP contribution < -0.4 is 0 Å². The van der Waals surface area contributed by atoms with Crippen LogP contribution >= 0.6 is 15.9 Å². The molecule has 84 valence electrons. The van der Waals surface area contributed by atoms with Gasteiger partial charge in [-0.1, -0.05) is 15.9 Å². The van der Waals surface area contributed by atoms with Crippen LogP contribution in [0.4, 0.5) is 4.39 Å². The SMILES string of the molecule is O=C(C1=CCCCO1)c1cc(F)ccc1Br. The molecule has 1 aromatic carbocycles. The molecule has 0 aromatic heterocycles. The van der Waals surface area contributed by atoms with Crippen LogP contribution in [-0.4, -0.2) is 12.4 Å². The molecule has 0 spiro atoms. The van der Waals surface area contributed by atoms with Gasteiger partial charge >= 0.3 is 0 Å². The normalized spacial score (nSPS) is 15.2. The van der Waals surface area contributed by atoms with E-state index >= 15 is 0 Å². The molecule has 1 heterocycles. The van der Waals surface area contributed by atoms with Crippen molar-refractivity contribution in [1.29, 1.82) is 0 Å². The summed E-state index contributed by atoms with van der Waals surface area (Å²) >= 11 is 3.23. The first-order valence-electron chi connectivity index (χ1n) is 5.01. The highest BCUT2D eigenvalue weighted by Crippen LogP contribution is 2.23. The molecule has 0 amide bonds. The second-order valence-corrected chi connectivity index (χ2v) is 4.37. The van der Waals surface area contributed by atoms with Gasteiger partial charge in [0.15, 0.2) is 5.76 Å². The maximum atomic E-state index is 13.0. The number of hydrogen-bond acceptors (Lipinski definition) is 2. The summed E-state index contributed by atoms with van der Waals surface area (Å²) in [5.74, 6) is -0.383. The predicted molar refractivity (Wildman–Crippen MR) is 61.7 cm³/mol. The quantitative estimate of drug-likeness (QED) is 0.778. The number of carbonyl (C=O) groups is 1. The largest absolute Gasteiger partial charge is 0.490 e. The number of carbonyl (C=O) groups excluding carboxylic acids is 1. The van der Waals surface area contributed by atoms with Gasteiger partial charge in [-0.15, -0.1) is 0 Å². The number of benzene rings is 1. The van der Waals surface area contributed by atoms with Crippen LogP contribution in [0.5, 0.6) is 0 Å². The van der Waals surface area contributed by atoms with Crippen LogP contribution in [0.3, 0.4) is 0 Å². The summed E-state index contributed by atoms with van der Waals surface area (Å²) in [6.07, 6.45) is 3.50. The molecule has 0 saturated carbocycles. The van der Waals surface area contributed by atoms with Gasteiger partial charge in [0, 0.05) is 10.0 Å². The monoisotopic (exact) mass is 284 g/mol. The summed E-state index contributed by atoms with van der Waals surface area (Å²) in [4.78, 5) is 12.0. The third kappa shape index (κ3) is 2.32. The maximum absolute atomic E-state index is 13.0. The molecule has 0 atom stereocenters. The Labute approximate surface area is 101 Å². The van der Waals surface area contributed by atoms with Crippen molar-refractivity contribution in [2.45, 2.75) is 12.8 Å². The van der Waals surface area contributed by atoms with Crippen molar-refractivity contribution < 1.29 is 13.9 Å². The average molecular weight is 285 g/mol. The molecule has 2 rings (SSSR count). The molecule has 4 heteroatoms. The van der Waals surface area contributed by atoms with Gasteiger partial charge in [0.25, 0.3) is 0 Å². The molecule has 0 radical (unpaired) electrons. The van der Waals surface area contributed by atoms with E-state index in [9.17, 15) is 9.18 Å². The van der Waals surface area contributed by atoms with E-state index in [0.717, 1.165) is 12.8 Å². The summed E-state index contributed by atoms with van der Waals surface area (Å²) < 4.78 is 18.9.